The molecule has 0 aromatic heterocycles. The van der Waals surface area contributed by atoms with Gasteiger partial charge in [-0.1, -0.05) is 38.5 Å². The monoisotopic (exact) mass is 304 g/mol. The zero-order valence-corrected chi connectivity index (χ0v) is 14.1. The summed E-state index contributed by atoms with van der Waals surface area (Å²) in [6.45, 7) is 4.44. The number of hydrogen-bond acceptors (Lipinski definition) is 2. The van der Waals surface area contributed by atoms with Crippen LogP contribution >= 0.6 is 0 Å². The molecule has 3 heteroatoms. The highest BCUT2D eigenvalue weighted by molar-refractivity contribution is 5.79. The molecule has 124 valence electrons. The van der Waals surface area contributed by atoms with E-state index in [1.54, 1.807) is 0 Å². The predicted octanol–water partition coefficient (Wildman–Crippen LogP) is 3.78. The second kappa shape index (κ2) is 5.81. The van der Waals surface area contributed by atoms with Crippen molar-refractivity contribution in [2.75, 3.05) is 26.3 Å². The van der Waals surface area contributed by atoms with Crippen LogP contribution in [0.15, 0.2) is 0 Å². The third-order valence-corrected chi connectivity index (χ3v) is 7.12. The van der Waals surface area contributed by atoms with Crippen LogP contribution < -0.4 is 0 Å². The van der Waals surface area contributed by atoms with Crippen molar-refractivity contribution in [1.82, 2.24) is 9.80 Å². The summed E-state index contributed by atoms with van der Waals surface area (Å²) in [5.41, 5.74) is 0.973. The molecule has 2 heterocycles. The van der Waals surface area contributed by atoms with Crippen molar-refractivity contribution >= 4 is 5.91 Å². The number of amides is 1. The number of carbonyl (C=O) groups is 1. The Morgan fingerprint density at radius 1 is 0.773 bits per heavy atom. The van der Waals surface area contributed by atoms with Crippen LogP contribution in [-0.2, 0) is 4.79 Å². The van der Waals surface area contributed by atoms with Crippen molar-refractivity contribution in [3.63, 3.8) is 0 Å². The van der Waals surface area contributed by atoms with Crippen molar-refractivity contribution in [3.05, 3.63) is 0 Å². The van der Waals surface area contributed by atoms with Gasteiger partial charge in [-0.2, -0.15) is 0 Å². The van der Waals surface area contributed by atoms with Crippen LogP contribution in [0.25, 0.3) is 0 Å². The summed E-state index contributed by atoms with van der Waals surface area (Å²) >= 11 is 0. The number of rotatable bonds is 2. The average Bonchev–Trinajstić information content (AvgIpc) is 3.03. The molecular formula is C19H32N2O. The van der Waals surface area contributed by atoms with Gasteiger partial charge in [-0.15, -0.1) is 0 Å². The van der Waals surface area contributed by atoms with Gasteiger partial charge in [0.1, 0.15) is 0 Å². The Morgan fingerprint density at radius 3 is 2.09 bits per heavy atom. The molecule has 0 aromatic carbocycles. The fourth-order valence-electron chi connectivity index (χ4n) is 5.85. The molecule has 0 unspecified atom stereocenters. The van der Waals surface area contributed by atoms with Crippen LogP contribution in [0.3, 0.4) is 0 Å². The molecule has 2 aliphatic carbocycles. The maximum Gasteiger partial charge on any atom is 0.224 e. The molecule has 2 saturated heterocycles. The molecule has 0 N–H and O–H groups in total. The molecule has 1 amide bonds. The molecular weight excluding hydrogens is 272 g/mol. The largest absolute Gasteiger partial charge is 0.329 e. The average molecular weight is 304 g/mol. The second-order valence-electron chi connectivity index (χ2n) is 8.83. The summed E-state index contributed by atoms with van der Waals surface area (Å²) in [5.74, 6) is 0.437. The van der Waals surface area contributed by atoms with Gasteiger partial charge in [0.2, 0.25) is 5.91 Å². The number of hydrogen-bond donors (Lipinski definition) is 0. The topological polar surface area (TPSA) is 23.6 Å². The Balaban J connectivity index is 1.35. The van der Waals surface area contributed by atoms with Crippen molar-refractivity contribution in [2.45, 2.75) is 77.0 Å². The first-order chi connectivity index (χ1) is 10.7. The van der Waals surface area contributed by atoms with Crippen molar-refractivity contribution in [1.29, 1.82) is 0 Å². The number of carbonyl (C=O) groups excluding carboxylic acids is 1. The minimum Gasteiger partial charge on any atom is -0.329 e. The van der Waals surface area contributed by atoms with Crippen LogP contribution in [0.1, 0.15) is 77.0 Å². The maximum atomic E-state index is 12.5. The summed E-state index contributed by atoms with van der Waals surface area (Å²) in [6, 6.07) is 0. The summed E-state index contributed by atoms with van der Waals surface area (Å²) in [7, 11) is 0. The summed E-state index contributed by atoms with van der Waals surface area (Å²) < 4.78 is 0. The molecule has 2 spiro atoms. The van der Waals surface area contributed by atoms with Crippen molar-refractivity contribution < 1.29 is 4.79 Å². The van der Waals surface area contributed by atoms with E-state index < -0.39 is 0 Å². The highest BCUT2D eigenvalue weighted by atomic mass is 16.2. The Hall–Kier alpha value is -0.570. The molecule has 4 fully saturated rings. The third-order valence-electron chi connectivity index (χ3n) is 7.12. The quantitative estimate of drug-likeness (QED) is 0.775. The Kier molecular flexibility index (Phi) is 3.96. The SMILES string of the molecule is O=C1CC2(CCCCC2)CN1CN1CCC2(CCCCC2)C1. The lowest BCUT2D eigenvalue weighted by molar-refractivity contribution is -0.129. The highest BCUT2D eigenvalue weighted by Gasteiger charge is 2.45. The van der Waals surface area contributed by atoms with Gasteiger partial charge in [-0.3, -0.25) is 9.69 Å². The predicted molar refractivity (Wildman–Crippen MR) is 88.4 cm³/mol. The lowest BCUT2D eigenvalue weighted by atomic mass is 9.73. The van der Waals surface area contributed by atoms with Crippen LogP contribution in [-0.4, -0.2) is 42.0 Å². The molecule has 3 nitrogen and oxygen atoms in total. The first kappa shape index (κ1) is 15.0. The van der Waals surface area contributed by atoms with E-state index in [-0.39, 0.29) is 0 Å². The van der Waals surface area contributed by atoms with Gasteiger partial charge >= 0.3 is 0 Å². The Bertz CT molecular complexity index is 421. The molecule has 0 atom stereocenters. The molecule has 0 bridgehead atoms. The van der Waals surface area contributed by atoms with Gasteiger partial charge in [0, 0.05) is 26.1 Å². The standard InChI is InChI=1S/C19H32N2O/c22-17-13-19(9-5-2-6-10-19)15-21(17)16-20-12-11-18(14-20)7-3-1-4-8-18/h1-16H2. The number of nitrogens with zero attached hydrogens (tertiary/aromatic N) is 2. The Morgan fingerprint density at radius 2 is 1.41 bits per heavy atom. The van der Waals surface area contributed by atoms with Crippen LogP contribution in [0.2, 0.25) is 0 Å². The summed E-state index contributed by atoms with van der Waals surface area (Å²) in [5, 5.41) is 0. The molecule has 4 aliphatic rings. The molecule has 2 saturated carbocycles. The van der Waals surface area contributed by atoms with E-state index in [0.717, 1.165) is 19.6 Å². The normalized spacial score (nSPS) is 31.5. The van der Waals surface area contributed by atoms with Gasteiger partial charge < -0.3 is 4.90 Å². The zero-order chi connectivity index (χ0) is 15.0. The fraction of sp³-hybridized carbons (Fsp3) is 0.947. The van der Waals surface area contributed by atoms with Crippen LogP contribution in [0.5, 0.6) is 0 Å². The third kappa shape index (κ3) is 2.81. The van der Waals surface area contributed by atoms with E-state index >= 15 is 0 Å². The van der Waals surface area contributed by atoms with Crippen LogP contribution in [0.4, 0.5) is 0 Å². The summed E-state index contributed by atoms with van der Waals surface area (Å²) in [6.07, 6.45) is 16.0. The Labute approximate surface area is 135 Å². The summed E-state index contributed by atoms with van der Waals surface area (Å²) in [4.78, 5) is 17.3. The molecule has 0 radical (unpaired) electrons. The van der Waals surface area contributed by atoms with Gasteiger partial charge in [-0.25, -0.2) is 0 Å². The second-order valence-corrected chi connectivity index (χ2v) is 8.83. The van der Waals surface area contributed by atoms with Crippen LogP contribution in [0, 0.1) is 10.8 Å². The first-order valence-electron chi connectivity index (χ1n) is 9.69. The first-order valence-corrected chi connectivity index (χ1v) is 9.69. The minimum absolute atomic E-state index is 0.359. The fourth-order valence-corrected chi connectivity index (χ4v) is 5.85. The van der Waals surface area contributed by atoms with Gasteiger partial charge in [0.25, 0.3) is 0 Å². The molecule has 4 rings (SSSR count). The van der Waals surface area contributed by atoms with E-state index in [2.05, 4.69) is 9.80 Å². The number of likely N-dealkylation sites (tertiary alicyclic amines) is 2. The van der Waals surface area contributed by atoms with E-state index in [9.17, 15) is 4.79 Å². The maximum absolute atomic E-state index is 12.5. The zero-order valence-electron chi connectivity index (χ0n) is 14.1. The smallest absolute Gasteiger partial charge is 0.224 e. The van der Waals surface area contributed by atoms with Gasteiger partial charge in [-0.05, 0) is 42.9 Å². The lowest BCUT2D eigenvalue weighted by Gasteiger charge is -2.35. The van der Waals surface area contributed by atoms with Crippen molar-refractivity contribution in [2.24, 2.45) is 10.8 Å². The van der Waals surface area contributed by atoms with E-state index in [4.69, 9.17) is 0 Å². The molecule has 0 aromatic rings. The van der Waals surface area contributed by atoms with E-state index in [0.29, 0.717) is 16.7 Å². The minimum atomic E-state index is 0.359. The highest BCUT2D eigenvalue weighted by Crippen LogP contribution is 2.46. The molecule has 2 aliphatic heterocycles. The van der Waals surface area contributed by atoms with E-state index in [1.807, 2.05) is 0 Å². The lowest BCUT2D eigenvalue weighted by Crippen LogP contribution is -2.40. The van der Waals surface area contributed by atoms with Gasteiger partial charge in [0.05, 0.1) is 6.67 Å². The van der Waals surface area contributed by atoms with E-state index in [1.165, 1.54) is 83.7 Å². The van der Waals surface area contributed by atoms with Crippen molar-refractivity contribution in [3.8, 4) is 0 Å². The van der Waals surface area contributed by atoms with Gasteiger partial charge in [0.15, 0.2) is 0 Å². The molecule has 22 heavy (non-hydrogen) atoms.